The molecule has 3 nitrogen and oxygen atoms in total. The monoisotopic (exact) mass is 258 g/mol. The van der Waals surface area contributed by atoms with Gasteiger partial charge in [0.25, 0.3) is 0 Å². The Hall–Kier alpha value is -2.16. The Balaban J connectivity index is 0.000000399. The Bertz CT molecular complexity index is 418. The minimum atomic E-state index is 0.722. The number of rotatable bonds is 3. The fourth-order valence-electron chi connectivity index (χ4n) is 1.21. The van der Waals surface area contributed by atoms with Crippen molar-refractivity contribution in [3.05, 3.63) is 48.5 Å². The van der Waals surface area contributed by atoms with Gasteiger partial charge in [-0.1, -0.05) is 26.7 Å². The summed E-state index contributed by atoms with van der Waals surface area (Å²) in [5.74, 6) is 1.52. The van der Waals surface area contributed by atoms with E-state index in [0.29, 0.717) is 0 Å². The molecule has 4 N–H and O–H groups in total. The van der Waals surface area contributed by atoms with Crippen LogP contribution in [0, 0.1) is 0 Å². The topological polar surface area (TPSA) is 61.3 Å². The van der Waals surface area contributed by atoms with Crippen LogP contribution in [0.15, 0.2) is 48.5 Å². The summed E-state index contributed by atoms with van der Waals surface area (Å²) >= 11 is 0. The van der Waals surface area contributed by atoms with Crippen LogP contribution >= 0.6 is 0 Å². The van der Waals surface area contributed by atoms with Gasteiger partial charge in [-0.3, -0.25) is 0 Å². The lowest BCUT2D eigenvalue weighted by atomic mass is 10.3. The van der Waals surface area contributed by atoms with Crippen LogP contribution in [0.4, 0.5) is 11.4 Å². The zero-order chi connectivity index (χ0) is 14.1. The summed E-state index contributed by atoms with van der Waals surface area (Å²) in [5, 5.41) is 0. The van der Waals surface area contributed by atoms with Crippen molar-refractivity contribution in [3.8, 4) is 11.5 Å². The molecular formula is C16H22N2O. The third kappa shape index (κ3) is 5.82. The SMILES string of the molecule is CCCC.Nc1ccc(Oc2ccc(N)cc2)cc1. The summed E-state index contributed by atoms with van der Waals surface area (Å²) in [5.41, 5.74) is 12.6. The molecule has 0 atom stereocenters. The fraction of sp³-hybridized carbons (Fsp3) is 0.250. The lowest BCUT2D eigenvalue weighted by molar-refractivity contribution is 0.483. The van der Waals surface area contributed by atoms with E-state index in [0.717, 1.165) is 22.9 Å². The van der Waals surface area contributed by atoms with Gasteiger partial charge in [0.05, 0.1) is 0 Å². The maximum Gasteiger partial charge on any atom is 0.127 e. The van der Waals surface area contributed by atoms with Crippen molar-refractivity contribution in [1.29, 1.82) is 0 Å². The van der Waals surface area contributed by atoms with Crippen LogP contribution in [-0.4, -0.2) is 0 Å². The van der Waals surface area contributed by atoms with Gasteiger partial charge in [0.15, 0.2) is 0 Å². The number of nitrogens with two attached hydrogens (primary N) is 2. The highest BCUT2D eigenvalue weighted by Crippen LogP contribution is 2.22. The molecule has 0 fully saturated rings. The van der Waals surface area contributed by atoms with Gasteiger partial charge in [0.1, 0.15) is 11.5 Å². The zero-order valence-corrected chi connectivity index (χ0v) is 11.6. The largest absolute Gasteiger partial charge is 0.457 e. The van der Waals surface area contributed by atoms with Crippen molar-refractivity contribution in [2.45, 2.75) is 26.7 Å². The van der Waals surface area contributed by atoms with Crippen molar-refractivity contribution >= 4 is 11.4 Å². The maximum absolute atomic E-state index is 5.58. The van der Waals surface area contributed by atoms with Crippen molar-refractivity contribution < 1.29 is 4.74 Å². The van der Waals surface area contributed by atoms with Gasteiger partial charge in [0.2, 0.25) is 0 Å². The number of anilines is 2. The third-order valence-corrected chi connectivity index (χ3v) is 2.50. The van der Waals surface area contributed by atoms with Crippen molar-refractivity contribution in [1.82, 2.24) is 0 Å². The van der Waals surface area contributed by atoms with Crippen LogP contribution in [0.5, 0.6) is 11.5 Å². The Labute approximate surface area is 115 Å². The van der Waals surface area contributed by atoms with E-state index in [9.17, 15) is 0 Å². The first-order valence-corrected chi connectivity index (χ1v) is 6.54. The normalized spacial score (nSPS) is 9.37. The van der Waals surface area contributed by atoms with E-state index in [1.54, 1.807) is 24.3 Å². The first-order valence-electron chi connectivity index (χ1n) is 6.54. The molecule has 0 unspecified atom stereocenters. The average molecular weight is 258 g/mol. The van der Waals surface area contributed by atoms with Crippen LogP contribution in [0.25, 0.3) is 0 Å². The molecule has 2 rings (SSSR count). The number of benzene rings is 2. The van der Waals surface area contributed by atoms with Crippen LogP contribution in [0.2, 0.25) is 0 Å². The van der Waals surface area contributed by atoms with Crippen molar-refractivity contribution in [3.63, 3.8) is 0 Å². The van der Waals surface area contributed by atoms with Crippen LogP contribution < -0.4 is 16.2 Å². The minimum absolute atomic E-state index is 0.722. The van der Waals surface area contributed by atoms with Crippen LogP contribution in [-0.2, 0) is 0 Å². The minimum Gasteiger partial charge on any atom is -0.457 e. The first-order chi connectivity index (χ1) is 9.15. The predicted octanol–water partition coefficient (Wildman–Crippen LogP) is 4.45. The molecule has 2 aromatic rings. The molecule has 0 bridgehead atoms. The summed E-state index contributed by atoms with van der Waals surface area (Å²) in [4.78, 5) is 0. The molecule has 0 aromatic heterocycles. The molecular weight excluding hydrogens is 236 g/mol. The smallest absolute Gasteiger partial charge is 0.127 e. The summed E-state index contributed by atoms with van der Waals surface area (Å²) < 4.78 is 5.58. The van der Waals surface area contributed by atoms with Crippen LogP contribution in [0.3, 0.4) is 0 Å². The summed E-state index contributed by atoms with van der Waals surface area (Å²) in [7, 11) is 0. The highest BCUT2D eigenvalue weighted by molar-refractivity contribution is 5.45. The molecule has 0 aliphatic carbocycles. The van der Waals surface area contributed by atoms with E-state index in [2.05, 4.69) is 13.8 Å². The summed E-state index contributed by atoms with van der Waals surface area (Å²) in [6.45, 7) is 4.36. The quantitative estimate of drug-likeness (QED) is 0.799. The number of unbranched alkanes of at least 4 members (excludes halogenated alkanes) is 1. The van der Waals surface area contributed by atoms with Gasteiger partial charge < -0.3 is 16.2 Å². The average Bonchev–Trinajstić information content (AvgIpc) is 2.44. The fourth-order valence-corrected chi connectivity index (χ4v) is 1.21. The van der Waals surface area contributed by atoms with Gasteiger partial charge >= 0.3 is 0 Å². The van der Waals surface area contributed by atoms with E-state index in [1.165, 1.54) is 12.8 Å². The molecule has 0 spiro atoms. The second-order valence-corrected chi connectivity index (χ2v) is 4.24. The third-order valence-electron chi connectivity index (χ3n) is 2.50. The number of hydrogen-bond acceptors (Lipinski definition) is 3. The van der Waals surface area contributed by atoms with E-state index >= 15 is 0 Å². The highest BCUT2D eigenvalue weighted by atomic mass is 16.5. The zero-order valence-electron chi connectivity index (χ0n) is 11.6. The summed E-state index contributed by atoms with van der Waals surface area (Å²) in [6.07, 6.45) is 2.64. The number of hydrogen-bond donors (Lipinski definition) is 2. The molecule has 0 amide bonds. The molecule has 19 heavy (non-hydrogen) atoms. The second-order valence-electron chi connectivity index (χ2n) is 4.24. The molecule has 2 aromatic carbocycles. The predicted molar refractivity (Wildman–Crippen MR) is 82.4 cm³/mol. The number of nitrogen functional groups attached to an aromatic ring is 2. The Morgan fingerprint density at radius 1 is 0.684 bits per heavy atom. The van der Waals surface area contributed by atoms with Gasteiger partial charge in [0, 0.05) is 11.4 Å². The Kier molecular flexibility index (Phi) is 6.30. The van der Waals surface area contributed by atoms with E-state index < -0.39 is 0 Å². The molecule has 0 heterocycles. The van der Waals surface area contributed by atoms with E-state index in [1.807, 2.05) is 24.3 Å². The van der Waals surface area contributed by atoms with Gasteiger partial charge in [-0.05, 0) is 48.5 Å². The molecule has 0 saturated carbocycles. The molecule has 0 aliphatic rings. The molecule has 102 valence electrons. The molecule has 0 radical (unpaired) electrons. The van der Waals surface area contributed by atoms with E-state index in [4.69, 9.17) is 16.2 Å². The lowest BCUT2D eigenvalue weighted by Crippen LogP contribution is -1.87. The second kappa shape index (κ2) is 8.03. The van der Waals surface area contributed by atoms with Gasteiger partial charge in [-0.25, -0.2) is 0 Å². The van der Waals surface area contributed by atoms with Crippen LogP contribution in [0.1, 0.15) is 26.7 Å². The maximum atomic E-state index is 5.58. The first kappa shape index (κ1) is 14.9. The van der Waals surface area contributed by atoms with Gasteiger partial charge in [-0.15, -0.1) is 0 Å². The standard InChI is InChI=1S/C12H12N2O.C4H10/c13-9-1-5-11(6-2-9)15-12-7-3-10(14)4-8-12;1-3-4-2/h1-8H,13-14H2;3-4H2,1-2H3. The van der Waals surface area contributed by atoms with Crippen molar-refractivity contribution in [2.75, 3.05) is 11.5 Å². The van der Waals surface area contributed by atoms with Crippen molar-refractivity contribution in [2.24, 2.45) is 0 Å². The molecule has 0 aliphatic heterocycles. The van der Waals surface area contributed by atoms with Gasteiger partial charge in [-0.2, -0.15) is 0 Å². The highest BCUT2D eigenvalue weighted by Gasteiger charge is 1.96. The summed E-state index contributed by atoms with van der Waals surface area (Å²) in [6, 6.07) is 14.5. The Morgan fingerprint density at radius 3 is 1.26 bits per heavy atom. The number of ether oxygens (including phenoxy) is 1. The molecule has 3 heteroatoms. The Morgan fingerprint density at radius 2 is 1.00 bits per heavy atom. The lowest BCUT2D eigenvalue weighted by Gasteiger charge is -2.05. The van der Waals surface area contributed by atoms with E-state index in [-0.39, 0.29) is 0 Å². The molecule has 0 saturated heterocycles.